The molecule has 0 saturated carbocycles. The Hall–Kier alpha value is -2.24. The van der Waals surface area contributed by atoms with Crippen LogP contribution in [0.5, 0.6) is 11.5 Å². The molecule has 1 rings (SSSR count). The molecule has 0 saturated heterocycles. The number of hydrogen-bond donors (Lipinski definition) is 1. The Balaban J connectivity index is 2.72. The van der Waals surface area contributed by atoms with Gasteiger partial charge in [-0.15, -0.1) is 0 Å². The summed E-state index contributed by atoms with van der Waals surface area (Å²) >= 11 is 0. The molecular weight excluding hydrogens is 320 g/mol. The number of amides is 2. The highest BCUT2D eigenvalue weighted by molar-refractivity contribution is 5.87. The lowest BCUT2D eigenvalue weighted by atomic mass is 10.0. The molecule has 0 fully saturated rings. The summed E-state index contributed by atoms with van der Waals surface area (Å²) in [6, 6.07) is 5.23. The predicted molar refractivity (Wildman–Crippen MR) is 97.9 cm³/mol. The van der Waals surface area contributed by atoms with E-state index in [4.69, 9.17) is 9.47 Å². The molecule has 0 aliphatic heterocycles. The van der Waals surface area contributed by atoms with Crippen LogP contribution in [0.3, 0.4) is 0 Å². The molecule has 0 spiro atoms. The van der Waals surface area contributed by atoms with Crippen molar-refractivity contribution in [1.29, 1.82) is 0 Å². The summed E-state index contributed by atoms with van der Waals surface area (Å²) in [5, 5.41) is 2.81. The molecule has 6 nitrogen and oxygen atoms in total. The van der Waals surface area contributed by atoms with Crippen LogP contribution in [-0.4, -0.2) is 50.6 Å². The van der Waals surface area contributed by atoms with Gasteiger partial charge in [0, 0.05) is 20.0 Å². The monoisotopic (exact) mass is 350 g/mol. The van der Waals surface area contributed by atoms with Crippen molar-refractivity contribution in [3.8, 4) is 11.5 Å². The molecule has 1 N–H and O–H groups in total. The third-order valence-corrected chi connectivity index (χ3v) is 4.13. The zero-order chi connectivity index (χ0) is 19.0. The molecule has 0 aromatic heterocycles. The van der Waals surface area contributed by atoms with Crippen LogP contribution in [0.1, 0.15) is 32.8 Å². The van der Waals surface area contributed by atoms with E-state index in [1.54, 1.807) is 33.1 Å². The number of benzene rings is 1. The van der Waals surface area contributed by atoms with E-state index in [1.807, 2.05) is 32.0 Å². The number of hydrogen-bond acceptors (Lipinski definition) is 4. The molecule has 0 aliphatic rings. The Morgan fingerprint density at radius 2 is 1.80 bits per heavy atom. The van der Waals surface area contributed by atoms with Crippen molar-refractivity contribution >= 4 is 11.8 Å². The molecule has 1 aromatic rings. The van der Waals surface area contributed by atoms with Gasteiger partial charge in [0.25, 0.3) is 0 Å². The maximum atomic E-state index is 12.6. The highest BCUT2D eigenvalue weighted by atomic mass is 16.5. The summed E-state index contributed by atoms with van der Waals surface area (Å²) in [5.74, 6) is 1.20. The van der Waals surface area contributed by atoms with Crippen molar-refractivity contribution in [2.45, 2.75) is 39.7 Å². The first-order valence-electron chi connectivity index (χ1n) is 8.59. The zero-order valence-corrected chi connectivity index (χ0v) is 16.1. The molecule has 0 bridgehead atoms. The number of nitrogens with one attached hydrogen (secondary N) is 1. The van der Waals surface area contributed by atoms with E-state index in [9.17, 15) is 9.59 Å². The second kappa shape index (κ2) is 9.91. The van der Waals surface area contributed by atoms with Crippen molar-refractivity contribution in [3.63, 3.8) is 0 Å². The molecular formula is C19H30N2O4. The summed E-state index contributed by atoms with van der Waals surface area (Å²) in [6.07, 6.45) is 1.06. The number of carbonyl (C=O) groups is 2. The molecule has 140 valence electrons. The van der Waals surface area contributed by atoms with Gasteiger partial charge in [0.15, 0.2) is 11.5 Å². The van der Waals surface area contributed by atoms with Crippen LogP contribution in [0.2, 0.25) is 0 Å². The number of likely N-dealkylation sites (N-methyl/N-ethyl adjacent to an activating group) is 1. The predicted octanol–water partition coefficient (Wildman–Crippen LogP) is 2.26. The van der Waals surface area contributed by atoms with Crippen molar-refractivity contribution in [2.75, 3.05) is 27.8 Å². The van der Waals surface area contributed by atoms with E-state index in [-0.39, 0.29) is 17.7 Å². The maximum absolute atomic E-state index is 12.6. The molecule has 0 heterocycles. The fourth-order valence-electron chi connectivity index (χ4n) is 2.47. The molecule has 1 aromatic carbocycles. The summed E-state index contributed by atoms with van der Waals surface area (Å²) in [4.78, 5) is 26.0. The lowest BCUT2D eigenvalue weighted by Crippen LogP contribution is -2.50. The number of nitrogens with zero attached hydrogens (tertiary/aromatic N) is 1. The van der Waals surface area contributed by atoms with Crippen LogP contribution < -0.4 is 14.8 Å². The normalized spacial score (nSPS) is 11.8. The van der Waals surface area contributed by atoms with Gasteiger partial charge >= 0.3 is 0 Å². The fraction of sp³-hybridized carbons (Fsp3) is 0.579. The van der Waals surface area contributed by atoms with E-state index < -0.39 is 6.04 Å². The van der Waals surface area contributed by atoms with Crippen LogP contribution >= 0.6 is 0 Å². The van der Waals surface area contributed by atoms with Crippen molar-refractivity contribution in [2.24, 2.45) is 5.92 Å². The average molecular weight is 350 g/mol. The molecule has 2 amide bonds. The Morgan fingerprint density at radius 1 is 1.16 bits per heavy atom. The number of methoxy groups -OCH3 is 2. The topological polar surface area (TPSA) is 67.9 Å². The van der Waals surface area contributed by atoms with Crippen molar-refractivity contribution < 1.29 is 19.1 Å². The lowest BCUT2D eigenvalue weighted by Gasteiger charge is -2.27. The van der Waals surface area contributed by atoms with E-state index >= 15 is 0 Å². The minimum absolute atomic E-state index is 0.0338. The van der Waals surface area contributed by atoms with Gasteiger partial charge in [0.05, 0.1) is 14.2 Å². The van der Waals surface area contributed by atoms with E-state index in [2.05, 4.69) is 5.32 Å². The smallest absolute Gasteiger partial charge is 0.245 e. The van der Waals surface area contributed by atoms with Gasteiger partial charge in [-0.3, -0.25) is 9.59 Å². The first-order chi connectivity index (χ1) is 11.8. The Labute approximate surface area is 150 Å². The highest BCUT2D eigenvalue weighted by Gasteiger charge is 2.26. The van der Waals surface area contributed by atoms with Gasteiger partial charge in [-0.2, -0.15) is 0 Å². The Morgan fingerprint density at radius 3 is 2.32 bits per heavy atom. The quantitative estimate of drug-likeness (QED) is 0.742. The van der Waals surface area contributed by atoms with E-state index in [0.717, 1.165) is 5.56 Å². The second-order valence-corrected chi connectivity index (χ2v) is 6.34. The van der Waals surface area contributed by atoms with Gasteiger partial charge in [0.2, 0.25) is 11.8 Å². The summed E-state index contributed by atoms with van der Waals surface area (Å²) in [6.45, 7) is 6.19. The maximum Gasteiger partial charge on any atom is 0.245 e. The largest absolute Gasteiger partial charge is 0.493 e. The van der Waals surface area contributed by atoms with Crippen molar-refractivity contribution in [1.82, 2.24) is 10.2 Å². The van der Waals surface area contributed by atoms with Gasteiger partial charge < -0.3 is 19.7 Å². The number of ether oxygens (including phenoxy) is 2. The molecule has 0 radical (unpaired) electrons. The fourth-order valence-corrected chi connectivity index (χ4v) is 2.47. The van der Waals surface area contributed by atoms with Gasteiger partial charge in [0.1, 0.15) is 6.04 Å². The summed E-state index contributed by atoms with van der Waals surface area (Å²) in [5.41, 5.74) is 1.05. The summed E-state index contributed by atoms with van der Waals surface area (Å²) < 4.78 is 10.5. The average Bonchev–Trinajstić information content (AvgIpc) is 2.62. The molecule has 0 aliphatic carbocycles. The van der Waals surface area contributed by atoms with Crippen LogP contribution in [0.4, 0.5) is 0 Å². The first kappa shape index (κ1) is 20.8. The summed E-state index contributed by atoms with van der Waals surface area (Å²) in [7, 11) is 4.96. The van der Waals surface area contributed by atoms with Crippen LogP contribution in [0.15, 0.2) is 18.2 Å². The minimum Gasteiger partial charge on any atom is -0.493 e. The van der Waals surface area contributed by atoms with Crippen LogP contribution in [0, 0.1) is 5.92 Å². The van der Waals surface area contributed by atoms with Crippen LogP contribution in [-0.2, 0) is 16.0 Å². The van der Waals surface area contributed by atoms with Crippen LogP contribution in [0.25, 0.3) is 0 Å². The Bertz CT molecular complexity index is 587. The molecule has 6 heteroatoms. The zero-order valence-electron chi connectivity index (χ0n) is 16.1. The number of rotatable bonds is 9. The third kappa shape index (κ3) is 5.96. The Kier molecular flexibility index (Phi) is 8.25. The third-order valence-electron chi connectivity index (χ3n) is 4.13. The SMILES string of the molecule is CCC(=O)NC(C(=O)N(C)CCc1ccc(OC)c(OC)c1)C(C)C. The second-order valence-electron chi connectivity index (χ2n) is 6.34. The van der Waals surface area contributed by atoms with E-state index in [0.29, 0.717) is 30.9 Å². The molecule has 1 unspecified atom stereocenters. The molecule has 25 heavy (non-hydrogen) atoms. The highest BCUT2D eigenvalue weighted by Crippen LogP contribution is 2.27. The van der Waals surface area contributed by atoms with E-state index in [1.165, 1.54) is 0 Å². The minimum atomic E-state index is -0.497. The standard InChI is InChI=1S/C19H30N2O4/c1-7-17(22)20-18(13(2)3)19(23)21(4)11-10-14-8-9-15(24-5)16(12-14)25-6/h8-9,12-13,18H,7,10-11H2,1-6H3,(H,20,22). The lowest BCUT2D eigenvalue weighted by molar-refractivity contribution is -0.136. The number of carbonyl (C=O) groups excluding carboxylic acids is 2. The van der Waals surface area contributed by atoms with Crippen molar-refractivity contribution in [3.05, 3.63) is 23.8 Å². The van der Waals surface area contributed by atoms with Gasteiger partial charge in [-0.25, -0.2) is 0 Å². The first-order valence-corrected chi connectivity index (χ1v) is 8.59. The van der Waals surface area contributed by atoms with Gasteiger partial charge in [-0.05, 0) is 30.0 Å². The van der Waals surface area contributed by atoms with Gasteiger partial charge in [-0.1, -0.05) is 26.8 Å². The molecule has 1 atom stereocenters.